The predicted octanol–water partition coefficient (Wildman–Crippen LogP) is 3.23. The highest BCUT2D eigenvalue weighted by atomic mass is 32.1. The average molecular weight is 305 g/mol. The molecule has 0 aliphatic heterocycles. The van der Waals surface area contributed by atoms with Crippen molar-refractivity contribution in [2.75, 3.05) is 13.2 Å². The minimum absolute atomic E-state index is 0.276. The lowest BCUT2D eigenvalue weighted by Crippen LogP contribution is -2.10. The van der Waals surface area contributed by atoms with Crippen LogP contribution in [0.3, 0.4) is 0 Å². The van der Waals surface area contributed by atoms with E-state index >= 15 is 0 Å². The molecule has 0 fully saturated rings. The first-order valence-corrected chi connectivity index (χ1v) is 6.89. The molecule has 2 aromatic rings. The molecule has 2 aromatic carbocycles. The molecule has 5 heteroatoms. The molecule has 110 valence electrons. The fourth-order valence-electron chi connectivity index (χ4n) is 1.70. The summed E-state index contributed by atoms with van der Waals surface area (Å²) in [6.45, 7) is 2.40. The van der Waals surface area contributed by atoms with Gasteiger partial charge in [-0.15, -0.1) is 0 Å². The summed E-state index contributed by atoms with van der Waals surface area (Å²) in [4.78, 5) is 0.353. The molecular weight excluding hydrogens is 289 g/mol. The first-order chi connectivity index (χ1) is 10.1. The van der Waals surface area contributed by atoms with Gasteiger partial charge >= 0.3 is 0 Å². The Hall–Kier alpha value is -2.14. The highest BCUT2D eigenvalue weighted by molar-refractivity contribution is 7.80. The molecule has 0 heterocycles. The standard InChI is InChI=1S/C16H16FNO2S/c1-11-2-5-14(10-15(11)17)20-9-8-19-13-6-3-12(4-7-13)16(18)21/h2-7,10H,8-9H2,1H3,(H2,18,21). The van der Waals surface area contributed by atoms with Crippen molar-refractivity contribution in [3.8, 4) is 11.5 Å². The van der Waals surface area contributed by atoms with Crippen LogP contribution in [0.1, 0.15) is 11.1 Å². The number of halogens is 1. The number of thiocarbonyl (C=S) groups is 1. The molecule has 0 aromatic heterocycles. The smallest absolute Gasteiger partial charge is 0.129 e. The van der Waals surface area contributed by atoms with E-state index in [2.05, 4.69) is 0 Å². The van der Waals surface area contributed by atoms with Crippen molar-refractivity contribution >= 4 is 17.2 Å². The van der Waals surface area contributed by atoms with Crippen LogP contribution in [-0.4, -0.2) is 18.2 Å². The molecule has 3 nitrogen and oxygen atoms in total. The summed E-state index contributed by atoms with van der Waals surface area (Å²) in [6, 6.07) is 12.0. The number of nitrogens with two attached hydrogens (primary N) is 1. The van der Waals surface area contributed by atoms with Crippen molar-refractivity contribution < 1.29 is 13.9 Å². The highest BCUT2D eigenvalue weighted by Gasteiger charge is 2.01. The van der Waals surface area contributed by atoms with Crippen molar-refractivity contribution in [2.45, 2.75) is 6.92 Å². The number of ether oxygens (including phenoxy) is 2. The lowest BCUT2D eigenvalue weighted by molar-refractivity contribution is 0.216. The lowest BCUT2D eigenvalue weighted by atomic mass is 10.2. The maximum Gasteiger partial charge on any atom is 0.129 e. The molecule has 0 saturated carbocycles. The lowest BCUT2D eigenvalue weighted by Gasteiger charge is -2.09. The van der Waals surface area contributed by atoms with Crippen molar-refractivity contribution in [2.24, 2.45) is 5.73 Å². The van der Waals surface area contributed by atoms with Gasteiger partial charge in [-0.3, -0.25) is 0 Å². The summed E-state index contributed by atoms with van der Waals surface area (Å²) in [5.41, 5.74) is 6.90. The SMILES string of the molecule is Cc1ccc(OCCOc2ccc(C(N)=S)cc2)cc1F. The van der Waals surface area contributed by atoms with Gasteiger partial charge in [0.15, 0.2) is 0 Å². The van der Waals surface area contributed by atoms with Crippen molar-refractivity contribution in [1.82, 2.24) is 0 Å². The fourth-order valence-corrected chi connectivity index (χ4v) is 1.83. The van der Waals surface area contributed by atoms with Crippen LogP contribution >= 0.6 is 12.2 Å². The van der Waals surface area contributed by atoms with E-state index in [0.717, 1.165) is 5.56 Å². The second kappa shape index (κ2) is 7.04. The molecule has 0 spiro atoms. The first kappa shape index (κ1) is 15.3. The maximum absolute atomic E-state index is 13.3. The second-order valence-electron chi connectivity index (χ2n) is 4.50. The monoisotopic (exact) mass is 305 g/mol. The summed E-state index contributed by atoms with van der Waals surface area (Å²) in [5, 5.41) is 0. The molecule has 21 heavy (non-hydrogen) atoms. The minimum atomic E-state index is -0.276. The zero-order chi connectivity index (χ0) is 15.2. The number of hydrogen-bond acceptors (Lipinski definition) is 3. The van der Waals surface area contributed by atoms with E-state index in [1.165, 1.54) is 6.07 Å². The number of rotatable bonds is 6. The van der Waals surface area contributed by atoms with Gasteiger partial charge in [0, 0.05) is 11.6 Å². The molecular formula is C16H16FNO2S. The Morgan fingerprint density at radius 3 is 2.19 bits per heavy atom. The van der Waals surface area contributed by atoms with Gasteiger partial charge in [-0.2, -0.15) is 0 Å². The van der Waals surface area contributed by atoms with Crippen LogP contribution in [0.5, 0.6) is 11.5 Å². The number of aryl methyl sites for hydroxylation is 1. The summed E-state index contributed by atoms with van der Waals surface area (Å²) >= 11 is 4.87. The van der Waals surface area contributed by atoms with Crippen LogP contribution in [0, 0.1) is 12.7 Å². The van der Waals surface area contributed by atoms with Crippen LogP contribution in [0.15, 0.2) is 42.5 Å². The topological polar surface area (TPSA) is 44.5 Å². The molecule has 0 amide bonds. The Morgan fingerprint density at radius 1 is 1.05 bits per heavy atom. The molecule has 0 atom stereocenters. The zero-order valence-corrected chi connectivity index (χ0v) is 12.5. The van der Waals surface area contributed by atoms with E-state index in [9.17, 15) is 4.39 Å². The Bertz CT molecular complexity index is 629. The van der Waals surface area contributed by atoms with E-state index < -0.39 is 0 Å². The normalized spacial score (nSPS) is 10.2. The third-order valence-corrected chi connectivity index (χ3v) is 3.14. The Kier molecular flexibility index (Phi) is 5.11. The maximum atomic E-state index is 13.3. The van der Waals surface area contributed by atoms with Gasteiger partial charge in [-0.05, 0) is 42.8 Å². The second-order valence-corrected chi connectivity index (χ2v) is 4.94. The third-order valence-electron chi connectivity index (χ3n) is 2.90. The van der Waals surface area contributed by atoms with Crippen LogP contribution in [0.25, 0.3) is 0 Å². The molecule has 2 rings (SSSR count). The minimum Gasteiger partial charge on any atom is -0.490 e. The van der Waals surface area contributed by atoms with Gasteiger partial charge in [0.2, 0.25) is 0 Å². The highest BCUT2D eigenvalue weighted by Crippen LogP contribution is 2.16. The molecule has 0 aliphatic rings. The van der Waals surface area contributed by atoms with Crippen LogP contribution in [0.2, 0.25) is 0 Å². The van der Waals surface area contributed by atoms with Crippen LogP contribution in [0.4, 0.5) is 4.39 Å². The number of hydrogen-bond donors (Lipinski definition) is 1. The molecule has 2 N–H and O–H groups in total. The van der Waals surface area contributed by atoms with Crippen LogP contribution in [-0.2, 0) is 0 Å². The van der Waals surface area contributed by atoms with Crippen LogP contribution < -0.4 is 15.2 Å². The quantitative estimate of drug-likeness (QED) is 0.657. The molecule has 0 aliphatic carbocycles. The van der Waals surface area contributed by atoms with Crippen molar-refractivity contribution in [3.05, 3.63) is 59.4 Å². The largest absolute Gasteiger partial charge is 0.490 e. The van der Waals surface area contributed by atoms with E-state index in [4.69, 9.17) is 27.4 Å². The van der Waals surface area contributed by atoms with Crippen molar-refractivity contribution in [1.29, 1.82) is 0 Å². The summed E-state index contributed by atoms with van der Waals surface area (Å²) in [5.74, 6) is 0.918. The number of benzene rings is 2. The van der Waals surface area contributed by atoms with E-state index in [1.54, 1.807) is 43.3 Å². The Labute approximate surface area is 128 Å². The van der Waals surface area contributed by atoms with Gasteiger partial charge in [0.05, 0.1) is 0 Å². The zero-order valence-electron chi connectivity index (χ0n) is 11.6. The Morgan fingerprint density at radius 2 is 1.62 bits per heavy atom. The molecule has 0 radical (unpaired) electrons. The van der Waals surface area contributed by atoms with Gasteiger partial charge in [-0.1, -0.05) is 18.3 Å². The van der Waals surface area contributed by atoms with E-state index in [1.807, 2.05) is 0 Å². The molecule has 0 saturated heterocycles. The first-order valence-electron chi connectivity index (χ1n) is 6.48. The van der Waals surface area contributed by atoms with E-state index in [0.29, 0.717) is 35.3 Å². The third kappa shape index (κ3) is 4.43. The van der Waals surface area contributed by atoms with Gasteiger partial charge < -0.3 is 15.2 Å². The average Bonchev–Trinajstić information content (AvgIpc) is 2.47. The summed E-state index contributed by atoms with van der Waals surface area (Å²) in [7, 11) is 0. The van der Waals surface area contributed by atoms with Gasteiger partial charge in [0.25, 0.3) is 0 Å². The predicted molar refractivity (Wildman–Crippen MR) is 84.5 cm³/mol. The molecule has 0 unspecified atom stereocenters. The van der Waals surface area contributed by atoms with Gasteiger partial charge in [-0.25, -0.2) is 4.39 Å². The van der Waals surface area contributed by atoms with E-state index in [-0.39, 0.29) is 5.82 Å². The van der Waals surface area contributed by atoms with Gasteiger partial charge in [0.1, 0.15) is 35.5 Å². The molecule has 0 bridgehead atoms. The fraction of sp³-hybridized carbons (Fsp3) is 0.188. The summed E-state index contributed by atoms with van der Waals surface area (Å²) in [6.07, 6.45) is 0. The Balaban J connectivity index is 1.79. The summed E-state index contributed by atoms with van der Waals surface area (Å²) < 4.78 is 24.3. The van der Waals surface area contributed by atoms with Crippen molar-refractivity contribution in [3.63, 3.8) is 0 Å².